The number of hydrogen-bond acceptors (Lipinski definition) is 4. The van der Waals surface area contributed by atoms with Crippen LogP contribution in [0.25, 0.3) is 0 Å². The van der Waals surface area contributed by atoms with Crippen molar-refractivity contribution in [2.24, 2.45) is 0 Å². The molecule has 1 unspecified atom stereocenters. The van der Waals surface area contributed by atoms with Gasteiger partial charge in [0.15, 0.2) is 5.75 Å². The van der Waals surface area contributed by atoms with Crippen molar-refractivity contribution in [1.82, 2.24) is 5.32 Å². The minimum absolute atomic E-state index is 0.0942. The molecule has 1 aromatic rings. The predicted molar refractivity (Wildman–Crippen MR) is 75.0 cm³/mol. The normalized spacial score (nSPS) is 18.1. The van der Waals surface area contributed by atoms with Crippen molar-refractivity contribution in [2.45, 2.75) is 24.5 Å². The summed E-state index contributed by atoms with van der Waals surface area (Å²) in [6.45, 7) is 0.553. The Morgan fingerprint density at radius 3 is 2.47 bits per heavy atom. The van der Waals surface area contributed by atoms with Gasteiger partial charge in [0.1, 0.15) is 12.7 Å². The predicted octanol–water partition coefficient (Wildman–Crippen LogP) is 1.85. The molecule has 0 radical (unpaired) electrons. The second-order valence-electron chi connectivity index (χ2n) is 4.83. The summed E-state index contributed by atoms with van der Waals surface area (Å²) >= 11 is 11.9. The van der Waals surface area contributed by atoms with Gasteiger partial charge in [-0.1, -0.05) is 29.3 Å². The lowest BCUT2D eigenvalue weighted by Crippen LogP contribution is -2.41. The Labute approximate surface area is 122 Å². The highest BCUT2D eigenvalue weighted by Gasteiger charge is 2.41. The fourth-order valence-corrected chi connectivity index (χ4v) is 2.24. The molecule has 0 bridgehead atoms. The van der Waals surface area contributed by atoms with Gasteiger partial charge in [-0.25, -0.2) is 0 Å². The Kier molecular flexibility index (Phi) is 4.92. The molecule has 0 aromatic heterocycles. The topological polar surface area (TPSA) is 61.7 Å². The first-order valence-electron chi connectivity index (χ1n) is 6.17. The molecule has 4 nitrogen and oxygen atoms in total. The number of benzene rings is 1. The molecule has 3 N–H and O–H groups in total. The maximum atomic E-state index is 9.82. The zero-order valence-corrected chi connectivity index (χ0v) is 11.9. The van der Waals surface area contributed by atoms with Gasteiger partial charge in [-0.3, -0.25) is 0 Å². The van der Waals surface area contributed by atoms with Crippen LogP contribution >= 0.6 is 23.2 Å². The van der Waals surface area contributed by atoms with Gasteiger partial charge in [-0.05, 0) is 25.0 Å². The molecule has 0 heterocycles. The number of halogens is 2. The fraction of sp³-hybridized carbons (Fsp3) is 0.538. The average Bonchev–Trinajstić information content (AvgIpc) is 3.16. The Bertz CT molecular complexity index is 418. The minimum atomic E-state index is -0.684. The number of aliphatic hydroxyl groups is 2. The zero-order valence-electron chi connectivity index (χ0n) is 10.4. The lowest BCUT2D eigenvalue weighted by Gasteiger charge is -2.18. The highest BCUT2D eigenvalue weighted by Crippen LogP contribution is 2.34. The largest absolute Gasteiger partial charge is 0.488 e. The van der Waals surface area contributed by atoms with Gasteiger partial charge in [0.25, 0.3) is 0 Å². The third-order valence-electron chi connectivity index (χ3n) is 3.21. The first-order valence-corrected chi connectivity index (χ1v) is 6.93. The number of nitrogens with one attached hydrogen (secondary N) is 1. The summed E-state index contributed by atoms with van der Waals surface area (Å²) in [5, 5.41) is 22.9. The van der Waals surface area contributed by atoms with E-state index in [4.69, 9.17) is 33.0 Å². The van der Waals surface area contributed by atoms with Gasteiger partial charge < -0.3 is 20.3 Å². The molecule has 0 saturated heterocycles. The molecule has 1 aliphatic carbocycles. The van der Waals surface area contributed by atoms with Crippen LogP contribution in [0.1, 0.15) is 12.8 Å². The molecule has 19 heavy (non-hydrogen) atoms. The molecule has 6 heteroatoms. The van der Waals surface area contributed by atoms with Crippen LogP contribution in [0.2, 0.25) is 10.0 Å². The standard InChI is InChI=1S/C13H17Cl2NO3/c14-10-2-1-3-11(15)12(10)19-7-9(18)6-16-13(8-17)4-5-13/h1-3,9,16-18H,4-8H2. The monoisotopic (exact) mass is 305 g/mol. The Balaban J connectivity index is 1.78. The lowest BCUT2D eigenvalue weighted by atomic mass is 10.2. The van der Waals surface area contributed by atoms with Gasteiger partial charge in [0, 0.05) is 12.1 Å². The first-order chi connectivity index (χ1) is 9.06. The van der Waals surface area contributed by atoms with E-state index in [-0.39, 0.29) is 18.8 Å². The first kappa shape index (κ1) is 14.9. The van der Waals surface area contributed by atoms with Crippen LogP contribution < -0.4 is 10.1 Å². The molecule has 1 fully saturated rings. The van der Waals surface area contributed by atoms with Crippen molar-refractivity contribution in [3.63, 3.8) is 0 Å². The number of rotatable bonds is 7. The van der Waals surface area contributed by atoms with Crippen molar-refractivity contribution in [3.05, 3.63) is 28.2 Å². The van der Waals surface area contributed by atoms with E-state index in [1.165, 1.54) is 0 Å². The van der Waals surface area contributed by atoms with E-state index in [2.05, 4.69) is 5.32 Å². The summed E-state index contributed by atoms with van der Waals surface area (Å²) in [4.78, 5) is 0. The van der Waals surface area contributed by atoms with Gasteiger partial charge >= 0.3 is 0 Å². The van der Waals surface area contributed by atoms with Crippen molar-refractivity contribution in [2.75, 3.05) is 19.8 Å². The van der Waals surface area contributed by atoms with Crippen LogP contribution in [0.5, 0.6) is 5.75 Å². The molecule has 0 amide bonds. The second-order valence-corrected chi connectivity index (χ2v) is 5.65. The Morgan fingerprint density at radius 1 is 1.32 bits per heavy atom. The summed E-state index contributed by atoms with van der Waals surface area (Å²) in [5.41, 5.74) is -0.191. The Morgan fingerprint density at radius 2 is 1.95 bits per heavy atom. The number of para-hydroxylation sites is 1. The molecule has 106 valence electrons. The van der Waals surface area contributed by atoms with E-state index in [1.807, 2.05) is 0 Å². The number of aliphatic hydroxyl groups excluding tert-OH is 2. The molecular weight excluding hydrogens is 289 g/mol. The maximum absolute atomic E-state index is 9.82. The van der Waals surface area contributed by atoms with Gasteiger partial charge in [-0.15, -0.1) is 0 Å². The van der Waals surface area contributed by atoms with Crippen LogP contribution in [-0.2, 0) is 0 Å². The second kappa shape index (κ2) is 6.29. The Hall–Kier alpha value is -0.520. The number of hydrogen-bond donors (Lipinski definition) is 3. The van der Waals surface area contributed by atoms with Crippen molar-refractivity contribution < 1.29 is 14.9 Å². The van der Waals surface area contributed by atoms with Crippen LogP contribution in [0, 0.1) is 0 Å². The van der Waals surface area contributed by atoms with E-state index in [1.54, 1.807) is 18.2 Å². The lowest BCUT2D eigenvalue weighted by molar-refractivity contribution is 0.0980. The third kappa shape index (κ3) is 3.97. The molecule has 0 spiro atoms. The summed E-state index contributed by atoms with van der Waals surface area (Å²) in [6.07, 6.45) is 1.19. The fourth-order valence-electron chi connectivity index (χ4n) is 1.73. The molecule has 2 rings (SSSR count). The molecule has 1 saturated carbocycles. The summed E-state index contributed by atoms with van der Waals surface area (Å²) < 4.78 is 5.43. The maximum Gasteiger partial charge on any atom is 0.156 e. The van der Waals surface area contributed by atoms with Crippen LogP contribution in [0.4, 0.5) is 0 Å². The van der Waals surface area contributed by atoms with E-state index in [0.717, 1.165) is 12.8 Å². The molecular formula is C13H17Cl2NO3. The highest BCUT2D eigenvalue weighted by atomic mass is 35.5. The minimum Gasteiger partial charge on any atom is -0.488 e. The van der Waals surface area contributed by atoms with Crippen molar-refractivity contribution in [3.8, 4) is 5.75 Å². The van der Waals surface area contributed by atoms with Gasteiger partial charge in [-0.2, -0.15) is 0 Å². The van der Waals surface area contributed by atoms with Gasteiger partial charge in [0.05, 0.1) is 16.7 Å². The van der Waals surface area contributed by atoms with Crippen molar-refractivity contribution >= 4 is 23.2 Å². The molecule has 0 aliphatic heterocycles. The zero-order chi connectivity index (χ0) is 13.9. The average molecular weight is 306 g/mol. The smallest absolute Gasteiger partial charge is 0.156 e. The third-order valence-corrected chi connectivity index (χ3v) is 3.80. The number of ether oxygens (including phenoxy) is 1. The SMILES string of the molecule is OCC1(NCC(O)COc2c(Cl)cccc2Cl)CC1. The van der Waals surface area contributed by atoms with Crippen molar-refractivity contribution in [1.29, 1.82) is 0 Å². The van der Waals surface area contributed by atoms with Crippen LogP contribution in [-0.4, -0.2) is 41.6 Å². The number of β-amino-alcohol motifs (C(OH)–C–C–N with tert-alkyl or cyclic N) is 1. The van der Waals surface area contributed by atoms with E-state index < -0.39 is 6.10 Å². The van der Waals surface area contributed by atoms with E-state index in [9.17, 15) is 5.11 Å². The van der Waals surface area contributed by atoms with Crippen LogP contribution in [0.3, 0.4) is 0 Å². The van der Waals surface area contributed by atoms with E-state index >= 15 is 0 Å². The summed E-state index contributed by atoms with van der Waals surface area (Å²) in [5.74, 6) is 0.383. The highest BCUT2D eigenvalue weighted by molar-refractivity contribution is 6.37. The molecule has 1 aliphatic rings. The van der Waals surface area contributed by atoms with Gasteiger partial charge in [0.2, 0.25) is 0 Å². The summed E-state index contributed by atoms with van der Waals surface area (Å²) in [7, 11) is 0. The summed E-state index contributed by atoms with van der Waals surface area (Å²) in [6, 6.07) is 5.09. The molecule has 1 aromatic carbocycles. The quantitative estimate of drug-likeness (QED) is 0.719. The van der Waals surface area contributed by atoms with Crippen LogP contribution in [0.15, 0.2) is 18.2 Å². The van der Waals surface area contributed by atoms with E-state index in [0.29, 0.717) is 22.3 Å². The molecule has 1 atom stereocenters.